The van der Waals surface area contributed by atoms with Gasteiger partial charge in [0.25, 0.3) is 0 Å². The fourth-order valence-electron chi connectivity index (χ4n) is 2.06. The Labute approximate surface area is 145 Å². The van der Waals surface area contributed by atoms with Crippen LogP contribution in [-0.4, -0.2) is 32.4 Å². The van der Waals surface area contributed by atoms with Crippen molar-refractivity contribution in [2.24, 2.45) is 0 Å². The maximum absolute atomic E-state index is 12.0. The van der Waals surface area contributed by atoms with Gasteiger partial charge < -0.3 is 24.8 Å². The predicted molar refractivity (Wildman–Crippen MR) is 93.0 cm³/mol. The summed E-state index contributed by atoms with van der Waals surface area (Å²) in [5, 5.41) is 5.15. The number of urea groups is 1. The Morgan fingerprint density at radius 1 is 1.00 bits per heavy atom. The van der Waals surface area contributed by atoms with Gasteiger partial charge in [0.05, 0.1) is 25.0 Å². The monoisotopic (exact) mass is 344 g/mol. The molecule has 0 fully saturated rings. The van der Waals surface area contributed by atoms with Gasteiger partial charge in [0.1, 0.15) is 0 Å². The van der Waals surface area contributed by atoms with Gasteiger partial charge in [-0.05, 0) is 31.2 Å². The minimum Gasteiger partial charge on any atom is -0.493 e. The Morgan fingerprint density at radius 3 is 2.40 bits per heavy atom. The lowest BCUT2D eigenvalue weighted by Gasteiger charge is -2.13. The molecular formula is C18H20N2O5. The van der Waals surface area contributed by atoms with Gasteiger partial charge in [0.15, 0.2) is 18.2 Å². The van der Waals surface area contributed by atoms with Gasteiger partial charge >= 0.3 is 12.0 Å². The average Bonchev–Trinajstić information content (AvgIpc) is 2.62. The molecule has 0 aliphatic heterocycles. The fourth-order valence-corrected chi connectivity index (χ4v) is 2.06. The normalized spacial score (nSPS) is 9.84. The van der Waals surface area contributed by atoms with E-state index in [1.165, 1.54) is 7.11 Å². The van der Waals surface area contributed by atoms with Gasteiger partial charge in [-0.2, -0.15) is 0 Å². The number of nitrogens with one attached hydrogen (secondary N) is 2. The summed E-state index contributed by atoms with van der Waals surface area (Å²) in [5.74, 6) is 0.582. The van der Waals surface area contributed by atoms with Gasteiger partial charge in [-0.15, -0.1) is 0 Å². The van der Waals surface area contributed by atoms with Crippen LogP contribution >= 0.6 is 0 Å². The van der Waals surface area contributed by atoms with Crippen LogP contribution in [0.5, 0.6) is 11.5 Å². The summed E-state index contributed by atoms with van der Waals surface area (Å²) in [4.78, 5) is 23.9. The molecule has 0 radical (unpaired) electrons. The highest BCUT2D eigenvalue weighted by molar-refractivity contribution is 6.00. The molecule has 0 saturated carbocycles. The Balaban J connectivity index is 1.92. The summed E-state index contributed by atoms with van der Waals surface area (Å²) in [6, 6.07) is 13.2. The van der Waals surface area contributed by atoms with Crippen molar-refractivity contribution < 1.29 is 23.8 Å². The molecule has 0 aliphatic rings. The Bertz CT molecular complexity index is 733. The number of methoxy groups -OCH3 is 1. The van der Waals surface area contributed by atoms with Crippen molar-refractivity contribution in [3.63, 3.8) is 0 Å². The highest BCUT2D eigenvalue weighted by atomic mass is 16.5. The van der Waals surface area contributed by atoms with Crippen molar-refractivity contribution in [1.82, 2.24) is 5.32 Å². The van der Waals surface area contributed by atoms with E-state index in [-0.39, 0.29) is 18.9 Å². The smallest absolute Gasteiger partial charge is 0.340 e. The molecule has 0 bridgehead atoms. The molecule has 2 amide bonds. The zero-order chi connectivity index (χ0) is 18.1. The Morgan fingerprint density at radius 2 is 1.68 bits per heavy atom. The predicted octanol–water partition coefficient (Wildman–Crippen LogP) is 3.03. The summed E-state index contributed by atoms with van der Waals surface area (Å²) in [5.41, 5.74) is 0.640. The van der Waals surface area contributed by atoms with Crippen molar-refractivity contribution >= 4 is 17.7 Å². The summed E-state index contributed by atoms with van der Waals surface area (Å²) < 4.78 is 15.6. The van der Waals surface area contributed by atoms with E-state index in [1.54, 1.807) is 49.4 Å². The number of carbonyl (C=O) groups is 2. The molecule has 2 aromatic rings. The second-order valence-corrected chi connectivity index (χ2v) is 4.84. The number of ether oxygens (including phenoxy) is 3. The van der Waals surface area contributed by atoms with E-state index in [2.05, 4.69) is 10.6 Å². The summed E-state index contributed by atoms with van der Waals surface area (Å²) >= 11 is 0. The van der Waals surface area contributed by atoms with Crippen molar-refractivity contribution in [3.8, 4) is 11.5 Å². The lowest BCUT2D eigenvalue weighted by Crippen LogP contribution is -2.32. The lowest BCUT2D eigenvalue weighted by molar-refractivity contribution is 0.0527. The third-order valence-electron chi connectivity index (χ3n) is 3.20. The van der Waals surface area contributed by atoms with Gasteiger partial charge in [0.2, 0.25) is 0 Å². The molecule has 0 aromatic heterocycles. The number of rotatable bonds is 7. The maximum atomic E-state index is 12.0. The number of para-hydroxylation sites is 3. The fraction of sp³-hybridized carbons (Fsp3) is 0.222. The van der Waals surface area contributed by atoms with Crippen LogP contribution in [0, 0.1) is 0 Å². The van der Waals surface area contributed by atoms with Crippen molar-refractivity contribution in [2.75, 3.05) is 25.8 Å². The summed E-state index contributed by atoms with van der Waals surface area (Å²) in [7, 11) is 1.54. The van der Waals surface area contributed by atoms with Crippen LogP contribution in [0.3, 0.4) is 0 Å². The first-order valence-corrected chi connectivity index (χ1v) is 7.72. The number of hydrogen-bond acceptors (Lipinski definition) is 5. The Hall–Kier alpha value is -3.22. The molecule has 132 valence electrons. The minimum absolute atomic E-state index is 0.0617. The van der Waals surface area contributed by atoms with Crippen LogP contribution in [-0.2, 0) is 4.74 Å². The molecule has 2 rings (SSSR count). The van der Waals surface area contributed by atoms with Crippen molar-refractivity contribution in [3.05, 3.63) is 54.1 Å². The topological polar surface area (TPSA) is 85.9 Å². The van der Waals surface area contributed by atoms with Crippen LogP contribution < -0.4 is 20.1 Å². The van der Waals surface area contributed by atoms with Gasteiger partial charge in [-0.3, -0.25) is 0 Å². The van der Waals surface area contributed by atoms with Gasteiger partial charge in [0, 0.05) is 0 Å². The molecular weight excluding hydrogens is 324 g/mol. The number of esters is 1. The van der Waals surface area contributed by atoms with Crippen molar-refractivity contribution in [2.45, 2.75) is 6.92 Å². The molecule has 2 aromatic carbocycles. The van der Waals surface area contributed by atoms with E-state index in [4.69, 9.17) is 14.2 Å². The zero-order valence-corrected chi connectivity index (χ0v) is 14.1. The van der Waals surface area contributed by atoms with E-state index in [9.17, 15) is 9.59 Å². The highest BCUT2D eigenvalue weighted by Gasteiger charge is 2.13. The van der Waals surface area contributed by atoms with Gasteiger partial charge in [-0.1, -0.05) is 24.3 Å². The molecule has 0 aliphatic carbocycles. The van der Waals surface area contributed by atoms with Crippen molar-refractivity contribution in [1.29, 1.82) is 0 Å². The molecule has 2 N–H and O–H groups in total. The van der Waals surface area contributed by atoms with E-state index in [0.717, 1.165) is 0 Å². The lowest BCUT2D eigenvalue weighted by atomic mass is 10.2. The van der Waals surface area contributed by atoms with Crippen LogP contribution in [0.4, 0.5) is 10.5 Å². The molecule has 0 spiro atoms. The molecule has 0 unspecified atom stereocenters. The summed E-state index contributed by atoms with van der Waals surface area (Å²) in [6.07, 6.45) is 0. The molecule has 7 heteroatoms. The summed E-state index contributed by atoms with van der Waals surface area (Å²) in [6.45, 7) is 1.91. The Kier molecular flexibility index (Phi) is 6.65. The first kappa shape index (κ1) is 18.1. The van der Waals surface area contributed by atoms with E-state index in [1.807, 2.05) is 6.07 Å². The highest BCUT2D eigenvalue weighted by Crippen LogP contribution is 2.25. The number of anilines is 1. The van der Waals surface area contributed by atoms with Gasteiger partial charge in [-0.25, -0.2) is 9.59 Å². The largest absolute Gasteiger partial charge is 0.493 e. The number of hydrogen-bond donors (Lipinski definition) is 2. The second-order valence-electron chi connectivity index (χ2n) is 4.84. The molecule has 0 atom stereocenters. The van der Waals surface area contributed by atoms with E-state index in [0.29, 0.717) is 17.2 Å². The maximum Gasteiger partial charge on any atom is 0.340 e. The zero-order valence-electron chi connectivity index (χ0n) is 14.1. The third-order valence-corrected chi connectivity index (χ3v) is 3.20. The third kappa shape index (κ3) is 5.13. The SMILES string of the molecule is CCOC(=O)c1ccccc1NC(=O)NCOc1ccccc1OC. The van der Waals surface area contributed by atoms with Crippen LogP contribution in [0.25, 0.3) is 0 Å². The second kappa shape index (κ2) is 9.17. The van der Waals surface area contributed by atoms with Crippen LogP contribution in [0.15, 0.2) is 48.5 Å². The molecule has 0 heterocycles. The molecule has 7 nitrogen and oxygen atoms in total. The van der Waals surface area contributed by atoms with E-state index >= 15 is 0 Å². The van der Waals surface area contributed by atoms with Crippen LogP contribution in [0.1, 0.15) is 17.3 Å². The number of benzene rings is 2. The minimum atomic E-state index is -0.508. The standard InChI is InChI=1S/C18H20N2O5/c1-3-24-17(21)13-8-4-5-9-14(13)20-18(22)19-12-25-16-11-7-6-10-15(16)23-2/h4-11H,3,12H2,1-2H3,(H2,19,20,22). The first-order valence-electron chi connectivity index (χ1n) is 7.72. The first-order chi connectivity index (χ1) is 12.2. The quantitative estimate of drug-likeness (QED) is 0.596. The van der Waals surface area contributed by atoms with Crippen LogP contribution in [0.2, 0.25) is 0 Å². The van der Waals surface area contributed by atoms with E-state index < -0.39 is 12.0 Å². The average molecular weight is 344 g/mol. The molecule has 25 heavy (non-hydrogen) atoms. The number of amides is 2. The molecule has 0 saturated heterocycles. The number of carbonyl (C=O) groups excluding carboxylic acids is 2.